The number of ether oxygens (including phenoxy) is 1. The fourth-order valence-corrected chi connectivity index (χ4v) is 2.99. The summed E-state index contributed by atoms with van der Waals surface area (Å²) in [4.78, 5) is 0. The molecule has 0 bridgehead atoms. The molecular formula is C23H33NO. The van der Waals surface area contributed by atoms with E-state index in [1.165, 1.54) is 42.4 Å². The smallest absolute Gasteiger partial charge is 0.119 e. The van der Waals surface area contributed by atoms with Crippen molar-refractivity contribution in [3.63, 3.8) is 0 Å². The van der Waals surface area contributed by atoms with E-state index in [-0.39, 0.29) is 0 Å². The summed E-state index contributed by atoms with van der Waals surface area (Å²) in [5.74, 6) is 0.994. The van der Waals surface area contributed by atoms with Gasteiger partial charge >= 0.3 is 0 Å². The maximum Gasteiger partial charge on any atom is 0.119 e. The molecule has 0 fully saturated rings. The molecule has 0 saturated carbocycles. The average Bonchev–Trinajstić information content (AvgIpc) is 2.63. The van der Waals surface area contributed by atoms with Crippen molar-refractivity contribution in [1.29, 1.82) is 0 Å². The van der Waals surface area contributed by atoms with E-state index in [9.17, 15) is 0 Å². The van der Waals surface area contributed by atoms with Crippen LogP contribution >= 0.6 is 0 Å². The number of unbranched alkanes of at least 4 members (excludes halogenated alkanes) is 4. The summed E-state index contributed by atoms with van der Waals surface area (Å²) in [5.41, 5.74) is 4.09. The summed E-state index contributed by atoms with van der Waals surface area (Å²) in [7, 11) is 0. The molecule has 0 aliphatic carbocycles. The summed E-state index contributed by atoms with van der Waals surface area (Å²) >= 11 is 0. The maximum absolute atomic E-state index is 5.89. The Labute approximate surface area is 153 Å². The lowest BCUT2D eigenvalue weighted by Gasteiger charge is -2.10. The van der Waals surface area contributed by atoms with Gasteiger partial charge in [-0.25, -0.2) is 0 Å². The summed E-state index contributed by atoms with van der Waals surface area (Å²) in [6.45, 7) is 7.14. The normalized spacial score (nSPS) is 10.8. The van der Waals surface area contributed by atoms with Crippen LogP contribution in [0.15, 0.2) is 48.5 Å². The summed E-state index contributed by atoms with van der Waals surface area (Å²) in [6.07, 6.45) is 7.45. The molecule has 2 aromatic rings. The first-order chi connectivity index (χ1) is 12.3. The van der Waals surface area contributed by atoms with Gasteiger partial charge in [-0.2, -0.15) is 0 Å². The van der Waals surface area contributed by atoms with Gasteiger partial charge in [-0.1, -0.05) is 69.0 Å². The molecule has 2 nitrogen and oxygen atoms in total. The molecule has 0 heterocycles. The van der Waals surface area contributed by atoms with Crippen LogP contribution in [0.4, 0.5) is 0 Å². The molecule has 136 valence electrons. The van der Waals surface area contributed by atoms with Gasteiger partial charge in [-0.05, 0) is 55.1 Å². The van der Waals surface area contributed by atoms with Gasteiger partial charge in [-0.15, -0.1) is 0 Å². The predicted molar refractivity (Wildman–Crippen MR) is 107 cm³/mol. The largest absolute Gasteiger partial charge is 0.494 e. The molecule has 0 aliphatic rings. The van der Waals surface area contributed by atoms with Crippen LogP contribution in [0.5, 0.6) is 5.75 Å². The van der Waals surface area contributed by atoms with Crippen molar-refractivity contribution in [3.8, 4) is 5.75 Å². The van der Waals surface area contributed by atoms with Gasteiger partial charge in [0, 0.05) is 6.54 Å². The second kappa shape index (κ2) is 11.7. The van der Waals surface area contributed by atoms with E-state index in [4.69, 9.17) is 4.74 Å². The molecule has 0 saturated heterocycles. The Morgan fingerprint density at radius 3 is 2.60 bits per heavy atom. The molecule has 0 aromatic heterocycles. The van der Waals surface area contributed by atoms with Crippen molar-refractivity contribution in [2.75, 3.05) is 13.2 Å². The maximum atomic E-state index is 5.89. The molecule has 25 heavy (non-hydrogen) atoms. The minimum atomic E-state index is 0.827. The van der Waals surface area contributed by atoms with Crippen LogP contribution in [0.25, 0.3) is 0 Å². The fourth-order valence-electron chi connectivity index (χ4n) is 2.99. The molecule has 0 aliphatic heterocycles. The highest BCUT2D eigenvalue weighted by Gasteiger charge is 1.99. The molecule has 0 atom stereocenters. The number of nitrogens with one attached hydrogen (secondary N) is 1. The number of rotatable bonds is 12. The fraction of sp³-hybridized carbons (Fsp3) is 0.478. The Hall–Kier alpha value is -1.80. The summed E-state index contributed by atoms with van der Waals surface area (Å²) in [6, 6.07) is 17.1. The van der Waals surface area contributed by atoms with E-state index in [0.717, 1.165) is 38.3 Å². The van der Waals surface area contributed by atoms with Gasteiger partial charge in [-0.3, -0.25) is 0 Å². The SMILES string of the molecule is CCCCCCCOc1cccc(CNCCc2ccccc2C)c1. The van der Waals surface area contributed by atoms with Crippen molar-refractivity contribution < 1.29 is 4.74 Å². The zero-order valence-corrected chi connectivity index (χ0v) is 15.9. The third-order valence-electron chi connectivity index (χ3n) is 4.58. The first kappa shape index (κ1) is 19.5. The van der Waals surface area contributed by atoms with Crippen LogP contribution in [-0.2, 0) is 13.0 Å². The van der Waals surface area contributed by atoms with Crippen molar-refractivity contribution in [2.24, 2.45) is 0 Å². The first-order valence-electron chi connectivity index (χ1n) is 9.76. The minimum Gasteiger partial charge on any atom is -0.494 e. The van der Waals surface area contributed by atoms with Gasteiger partial charge in [0.15, 0.2) is 0 Å². The van der Waals surface area contributed by atoms with Gasteiger partial charge < -0.3 is 10.1 Å². The zero-order valence-electron chi connectivity index (χ0n) is 15.9. The van der Waals surface area contributed by atoms with Crippen LogP contribution in [0.3, 0.4) is 0 Å². The van der Waals surface area contributed by atoms with Gasteiger partial charge in [0.05, 0.1) is 6.61 Å². The molecule has 2 heteroatoms. The van der Waals surface area contributed by atoms with E-state index in [2.05, 4.69) is 67.7 Å². The molecular weight excluding hydrogens is 306 g/mol. The Morgan fingerprint density at radius 1 is 0.920 bits per heavy atom. The van der Waals surface area contributed by atoms with E-state index < -0.39 is 0 Å². The van der Waals surface area contributed by atoms with Gasteiger partial charge in [0.2, 0.25) is 0 Å². The van der Waals surface area contributed by atoms with Gasteiger partial charge in [0.25, 0.3) is 0 Å². The molecule has 0 spiro atoms. The summed E-state index contributed by atoms with van der Waals surface area (Å²) < 4.78 is 5.89. The van der Waals surface area contributed by atoms with Crippen LogP contribution in [0, 0.1) is 6.92 Å². The lowest BCUT2D eigenvalue weighted by Crippen LogP contribution is -2.17. The van der Waals surface area contributed by atoms with Crippen LogP contribution < -0.4 is 10.1 Å². The highest BCUT2D eigenvalue weighted by atomic mass is 16.5. The monoisotopic (exact) mass is 339 g/mol. The first-order valence-corrected chi connectivity index (χ1v) is 9.76. The Balaban J connectivity index is 1.66. The Kier molecular flexibility index (Phi) is 9.14. The van der Waals surface area contributed by atoms with Crippen LogP contribution in [0.1, 0.15) is 55.7 Å². The van der Waals surface area contributed by atoms with Crippen molar-refractivity contribution >= 4 is 0 Å². The number of benzene rings is 2. The second-order valence-electron chi connectivity index (χ2n) is 6.76. The van der Waals surface area contributed by atoms with Gasteiger partial charge in [0.1, 0.15) is 5.75 Å². The number of aryl methyl sites for hydroxylation is 1. The number of hydrogen-bond acceptors (Lipinski definition) is 2. The zero-order chi connectivity index (χ0) is 17.7. The third-order valence-corrected chi connectivity index (χ3v) is 4.58. The third kappa shape index (κ3) is 7.74. The second-order valence-corrected chi connectivity index (χ2v) is 6.76. The van der Waals surface area contributed by atoms with E-state index in [0.29, 0.717) is 0 Å². The molecule has 0 radical (unpaired) electrons. The molecule has 2 aromatic carbocycles. The molecule has 2 rings (SSSR count). The lowest BCUT2D eigenvalue weighted by atomic mass is 10.1. The molecule has 0 amide bonds. The van der Waals surface area contributed by atoms with Crippen LogP contribution in [0.2, 0.25) is 0 Å². The highest BCUT2D eigenvalue weighted by Crippen LogP contribution is 2.14. The van der Waals surface area contributed by atoms with Crippen LogP contribution in [-0.4, -0.2) is 13.2 Å². The quantitative estimate of drug-likeness (QED) is 0.503. The Bertz CT molecular complexity index is 609. The van der Waals surface area contributed by atoms with E-state index >= 15 is 0 Å². The molecule has 1 N–H and O–H groups in total. The Morgan fingerprint density at radius 2 is 1.76 bits per heavy atom. The summed E-state index contributed by atoms with van der Waals surface area (Å²) in [5, 5.41) is 3.54. The average molecular weight is 340 g/mol. The van der Waals surface area contributed by atoms with E-state index in [1.54, 1.807) is 0 Å². The lowest BCUT2D eigenvalue weighted by molar-refractivity contribution is 0.304. The minimum absolute atomic E-state index is 0.827. The molecule has 0 unspecified atom stereocenters. The standard InChI is InChI=1S/C23H33NO/c1-3-4-5-6-9-17-25-23-14-10-12-21(18-23)19-24-16-15-22-13-8-7-11-20(22)2/h7-8,10-14,18,24H,3-6,9,15-17,19H2,1-2H3. The highest BCUT2D eigenvalue weighted by molar-refractivity contribution is 5.28. The van der Waals surface area contributed by atoms with Crippen molar-refractivity contribution in [1.82, 2.24) is 5.32 Å². The van der Waals surface area contributed by atoms with Crippen molar-refractivity contribution in [2.45, 2.75) is 58.9 Å². The predicted octanol–water partition coefficient (Wildman–Crippen LogP) is 5.68. The number of hydrogen-bond donors (Lipinski definition) is 1. The topological polar surface area (TPSA) is 21.3 Å². The van der Waals surface area contributed by atoms with Crippen molar-refractivity contribution in [3.05, 3.63) is 65.2 Å². The van der Waals surface area contributed by atoms with E-state index in [1.807, 2.05) is 0 Å².